The molecule has 0 saturated carbocycles. The lowest BCUT2D eigenvalue weighted by Crippen LogP contribution is -2.48. The number of sulfonamides is 1. The number of nitrogen functional groups attached to an aromatic ring is 1. The third-order valence-electron chi connectivity index (χ3n) is 4.10. The van der Waals surface area contributed by atoms with Crippen molar-refractivity contribution in [1.29, 1.82) is 0 Å². The van der Waals surface area contributed by atoms with Crippen LogP contribution < -0.4 is 5.73 Å². The molecule has 0 amide bonds. The van der Waals surface area contributed by atoms with E-state index in [4.69, 9.17) is 5.73 Å². The minimum Gasteiger partial charge on any atom is -0.399 e. The van der Waals surface area contributed by atoms with Gasteiger partial charge in [-0.3, -0.25) is 4.90 Å². The molecule has 1 fully saturated rings. The Morgan fingerprint density at radius 3 is 2.09 bits per heavy atom. The summed E-state index contributed by atoms with van der Waals surface area (Å²) in [7, 11) is -3.42. The predicted molar refractivity (Wildman–Crippen MR) is 91.3 cm³/mol. The van der Waals surface area contributed by atoms with Gasteiger partial charge in [0.1, 0.15) is 0 Å². The minimum absolute atomic E-state index is 0.309. The van der Waals surface area contributed by atoms with Crippen LogP contribution in [0.25, 0.3) is 0 Å². The van der Waals surface area contributed by atoms with Gasteiger partial charge in [0.2, 0.25) is 10.0 Å². The molecule has 0 unspecified atom stereocenters. The molecule has 1 aliphatic rings. The predicted octanol–water partition coefficient (Wildman–Crippen LogP) is 1.78. The summed E-state index contributed by atoms with van der Waals surface area (Å²) in [6.45, 7) is 3.36. The minimum atomic E-state index is -3.42. The number of nitrogens with two attached hydrogens (primary N) is 1. The Bertz CT molecular complexity index is 737. The molecule has 5 nitrogen and oxygen atoms in total. The van der Waals surface area contributed by atoms with Crippen LogP contribution >= 0.6 is 0 Å². The number of hydrogen-bond donors (Lipinski definition) is 1. The van der Waals surface area contributed by atoms with Crippen LogP contribution in [-0.4, -0.2) is 43.8 Å². The van der Waals surface area contributed by atoms with E-state index in [1.807, 2.05) is 18.2 Å². The van der Waals surface area contributed by atoms with Crippen molar-refractivity contribution in [3.63, 3.8) is 0 Å². The molecule has 3 rings (SSSR count). The lowest BCUT2D eigenvalue weighted by Gasteiger charge is -2.34. The van der Waals surface area contributed by atoms with Crippen LogP contribution in [0.15, 0.2) is 59.5 Å². The quantitative estimate of drug-likeness (QED) is 0.867. The average Bonchev–Trinajstić information content (AvgIpc) is 2.57. The van der Waals surface area contributed by atoms with Crippen LogP contribution in [0.5, 0.6) is 0 Å². The molecule has 1 aliphatic heterocycles. The van der Waals surface area contributed by atoms with Gasteiger partial charge in [-0.05, 0) is 29.8 Å². The lowest BCUT2D eigenvalue weighted by molar-refractivity contribution is 0.181. The second kappa shape index (κ2) is 6.70. The summed E-state index contributed by atoms with van der Waals surface area (Å²) in [5.74, 6) is 0. The topological polar surface area (TPSA) is 66.6 Å². The maximum atomic E-state index is 12.6. The molecule has 2 N–H and O–H groups in total. The van der Waals surface area contributed by atoms with E-state index in [9.17, 15) is 8.42 Å². The first-order chi connectivity index (χ1) is 11.1. The summed E-state index contributed by atoms with van der Waals surface area (Å²) in [4.78, 5) is 2.59. The van der Waals surface area contributed by atoms with Crippen LogP contribution in [0.4, 0.5) is 5.69 Å². The van der Waals surface area contributed by atoms with E-state index in [2.05, 4.69) is 17.0 Å². The summed E-state index contributed by atoms with van der Waals surface area (Å²) in [5.41, 5.74) is 7.44. The summed E-state index contributed by atoms with van der Waals surface area (Å²) >= 11 is 0. The average molecular weight is 331 g/mol. The van der Waals surface area contributed by atoms with Gasteiger partial charge in [0.15, 0.2) is 0 Å². The summed E-state index contributed by atoms with van der Waals surface area (Å²) in [6.07, 6.45) is 0. The normalized spacial score (nSPS) is 17.2. The molecule has 2 aromatic rings. The van der Waals surface area contributed by atoms with Crippen molar-refractivity contribution in [2.24, 2.45) is 0 Å². The Hall–Kier alpha value is -1.89. The van der Waals surface area contributed by atoms with Gasteiger partial charge in [-0.2, -0.15) is 4.31 Å². The Kier molecular flexibility index (Phi) is 4.66. The molecule has 0 aromatic heterocycles. The standard InChI is InChI=1S/C17H21N3O2S/c18-16-6-8-17(9-7-16)23(21,22)20-12-10-19(11-13-20)14-15-4-2-1-3-5-15/h1-9H,10-14,18H2. The largest absolute Gasteiger partial charge is 0.399 e. The molecule has 2 aromatic carbocycles. The van der Waals surface area contributed by atoms with Gasteiger partial charge in [-0.25, -0.2) is 8.42 Å². The van der Waals surface area contributed by atoms with E-state index in [-0.39, 0.29) is 0 Å². The van der Waals surface area contributed by atoms with Crippen molar-refractivity contribution in [2.45, 2.75) is 11.4 Å². The molecule has 1 heterocycles. The zero-order valence-electron chi connectivity index (χ0n) is 12.9. The van der Waals surface area contributed by atoms with Crippen molar-refractivity contribution in [3.05, 3.63) is 60.2 Å². The smallest absolute Gasteiger partial charge is 0.243 e. The molecule has 0 spiro atoms. The highest BCUT2D eigenvalue weighted by molar-refractivity contribution is 7.89. The maximum Gasteiger partial charge on any atom is 0.243 e. The monoisotopic (exact) mass is 331 g/mol. The number of rotatable bonds is 4. The third kappa shape index (κ3) is 3.72. The molecular weight excluding hydrogens is 310 g/mol. The van der Waals surface area contributed by atoms with E-state index >= 15 is 0 Å². The fourth-order valence-electron chi connectivity index (χ4n) is 2.76. The first-order valence-corrected chi connectivity index (χ1v) is 9.12. The van der Waals surface area contributed by atoms with Crippen LogP contribution in [-0.2, 0) is 16.6 Å². The Labute approximate surface area is 137 Å². The van der Waals surface area contributed by atoms with Gasteiger partial charge in [-0.1, -0.05) is 30.3 Å². The van der Waals surface area contributed by atoms with E-state index in [0.717, 1.165) is 19.6 Å². The molecule has 23 heavy (non-hydrogen) atoms. The van der Waals surface area contributed by atoms with E-state index < -0.39 is 10.0 Å². The van der Waals surface area contributed by atoms with Crippen LogP contribution in [0.3, 0.4) is 0 Å². The number of piperazine rings is 1. The Balaban J connectivity index is 1.63. The number of anilines is 1. The van der Waals surface area contributed by atoms with Crippen LogP contribution in [0, 0.1) is 0 Å². The van der Waals surface area contributed by atoms with E-state index in [1.54, 1.807) is 28.6 Å². The Morgan fingerprint density at radius 1 is 0.870 bits per heavy atom. The van der Waals surface area contributed by atoms with Crippen molar-refractivity contribution in [2.75, 3.05) is 31.9 Å². The molecule has 0 radical (unpaired) electrons. The van der Waals surface area contributed by atoms with Crippen LogP contribution in [0.2, 0.25) is 0 Å². The fraction of sp³-hybridized carbons (Fsp3) is 0.294. The van der Waals surface area contributed by atoms with Gasteiger partial charge < -0.3 is 5.73 Å². The highest BCUT2D eigenvalue weighted by atomic mass is 32.2. The van der Waals surface area contributed by atoms with E-state index in [1.165, 1.54) is 5.56 Å². The van der Waals surface area contributed by atoms with Gasteiger partial charge in [0.25, 0.3) is 0 Å². The Morgan fingerprint density at radius 2 is 1.48 bits per heavy atom. The summed E-state index contributed by atoms with van der Waals surface area (Å²) < 4.78 is 26.8. The van der Waals surface area contributed by atoms with Crippen LogP contribution in [0.1, 0.15) is 5.56 Å². The lowest BCUT2D eigenvalue weighted by atomic mass is 10.2. The van der Waals surface area contributed by atoms with Gasteiger partial charge in [-0.15, -0.1) is 0 Å². The van der Waals surface area contributed by atoms with Crippen molar-refractivity contribution >= 4 is 15.7 Å². The molecule has 6 heteroatoms. The highest BCUT2D eigenvalue weighted by Gasteiger charge is 2.28. The number of nitrogens with zero attached hydrogens (tertiary/aromatic N) is 2. The SMILES string of the molecule is Nc1ccc(S(=O)(=O)N2CCN(Cc3ccccc3)CC2)cc1. The molecule has 0 atom stereocenters. The number of hydrogen-bond acceptors (Lipinski definition) is 4. The second-order valence-electron chi connectivity index (χ2n) is 5.73. The van der Waals surface area contributed by atoms with Crippen molar-refractivity contribution in [3.8, 4) is 0 Å². The molecule has 122 valence electrons. The zero-order chi connectivity index (χ0) is 16.3. The molecule has 0 bridgehead atoms. The van der Waals surface area contributed by atoms with Gasteiger partial charge in [0, 0.05) is 38.4 Å². The van der Waals surface area contributed by atoms with Gasteiger partial charge >= 0.3 is 0 Å². The maximum absolute atomic E-state index is 12.6. The zero-order valence-corrected chi connectivity index (χ0v) is 13.7. The molecule has 0 aliphatic carbocycles. The molecule has 1 saturated heterocycles. The highest BCUT2D eigenvalue weighted by Crippen LogP contribution is 2.19. The van der Waals surface area contributed by atoms with E-state index in [0.29, 0.717) is 23.7 Å². The molecular formula is C17H21N3O2S. The summed E-state index contributed by atoms with van der Waals surface area (Å²) in [5, 5.41) is 0. The number of benzene rings is 2. The fourth-order valence-corrected chi connectivity index (χ4v) is 4.18. The third-order valence-corrected chi connectivity index (χ3v) is 6.01. The van der Waals surface area contributed by atoms with Crippen molar-refractivity contribution in [1.82, 2.24) is 9.21 Å². The second-order valence-corrected chi connectivity index (χ2v) is 7.67. The first kappa shape index (κ1) is 16.0. The first-order valence-electron chi connectivity index (χ1n) is 7.68. The van der Waals surface area contributed by atoms with Gasteiger partial charge in [0.05, 0.1) is 4.90 Å². The summed E-state index contributed by atoms with van der Waals surface area (Å²) in [6, 6.07) is 16.6. The van der Waals surface area contributed by atoms with Crippen molar-refractivity contribution < 1.29 is 8.42 Å².